The third-order valence-electron chi connectivity index (χ3n) is 7.94. The summed E-state index contributed by atoms with van der Waals surface area (Å²) in [6.07, 6.45) is 5.75. The van der Waals surface area contributed by atoms with Crippen LogP contribution in [0.1, 0.15) is 64.7 Å². The Morgan fingerprint density at radius 1 is 0.976 bits per heavy atom. The highest BCUT2D eigenvalue weighted by Gasteiger charge is 2.48. The van der Waals surface area contributed by atoms with Crippen molar-refractivity contribution in [2.75, 3.05) is 7.11 Å². The van der Waals surface area contributed by atoms with E-state index in [0.717, 1.165) is 29.5 Å². The van der Waals surface area contributed by atoms with Crippen LogP contribution in [0.25, 0.3) is 33.4 Å². The van der Waals surface area contributed by atoms with E-state index in [-0.39, 0.29) is 22.8 Å². The maximum absolute atomic E-state index is 13.7. The summed E-state index contributed by atoms with van der Waals surface area (Å²) < 4.78 is 25.4. The SMILES string of the molecule is CCC(=O)c1c(-c2ccc(F)cc2)oc2ccc(-c3cc(C(=O)CC4(c5ncccn5)CC4)c(OC)cc3C)cc12. The predicted molar refractivity (Wildman–Crippen MR) is 155 cm³/mol. The minimum absolute atomic E-state index is 0.0297. The Bertz CT molecular complexity index is 1790. The number of nitrogens with zero attached hydrogens (tertiary/aromatic N) is 2. The zero-order valence-corrected chi connectivity index (χ0v) is 23.2. The van der Waals surface area contributed by atoms with Crippen LogP contribution >= 0.6 is 0 Å². The molecular formula is C34H29FN2O4. The van der Waals surface area contributed by atoms with Crippen molar-refractivity contribution in [3.05, 3.63) is 101 Å². The van der Waals surface area contributed by atoms with Gasteiger partial charge in [0, 0.05) is 41.6 Å². The predicted octanol–water partition coefficient (Wildman–Crippen LogP) is 7.91. The molecule has 0 saturated heterocycles. The fraction of sp³-hybridized carbons (Fsp3) is 0.235. The highest BCUT2D eigenvalue weighted by Crippen LogP contribution is 2.50. The Kier molecular flexibility index (Phi) is 6.73. The average Bonchev–Trinajstić information content (AvgIpc) is 3.68. The molecule has 1 fully saturated rings. The normalized spacial score (nSPS) is 13.8. The van der Waals surface area contributed by atoms with Gasteiger partial charge in [0.2, 0.25) is 0 Å². The number of furan rings is 1. The minimum Gasteiger partial charge on any atom is -0.496 e. The monoisotopic (exact) mass is 548 g/mol. The van der Waals surface area contributed by atoms with Crippen LogP contribution in [0.15, 0.2) is 77.5 Å². The summed E-state index contributed by atoms with van der Waals surface area (Å²) in [7, 11) is 1.57. The number of hydrogen-bond acceptors (Lipinski definition) is 6. The van der Waals surface area contributed by atoms with Crippen LogP contribution in [-0.2, 0) is 5.41 Å². The van der Waals surface area contributed by atoms with Gasteiger partial charge in [0.1, 0.15) is 28.7 Å². The zero-order chi connectivity index (χ0) is 28.7. The van der Waals surface area contributed by atoms with Gasteiger partial charge in [0.05, 0.1) is 18.2 Å². The number of rotatable bonds is 9. The lowest BCUT2D eigenvalue weighted by molar-refractivity contribution is 0.0963. The van der Waals surface area contributed by atoms with E-state index in [2.05, 4.69) is 9.97 Å². The number of halogens is 1. The summed E-state index contributed by atoms with van der Waals surface area (Å²) in [5, 5.41) is 0.676. The molecule has 206 valence electrons. The number of hydrogen-bond donors (Lipinski definition) is 0. The largest absolute Gasteiger partial charge is 0.496 e. The van der Waals surface area contributed by atoms with Crippen LogP contribution in [0, 0.1) is 12.7 Å². The van der Waals surface area contributed by atoms with Crippen molar-refractivity contribution in [1.82, 2.24) is 9.97 Å². The summed E-state index contributed by atoms with van der Waals surface area (Å²) in [4.78, 5) is 35.7. The second-order valence-electron chi connectivity index (χ2n) is 10.6. The number of carbonyl (C=O) groups is 2. The Balaban J connectivity index is 1.43. The summed E-state index contributed by atoms with van der Waals surface area (Å²) in [5.41, 5.74) is 4.45. The van der Waals surface area contributed by atoms with Crippen molar-refractivity contribution < 1.29 is 23.1 Å². The number of Topliss-reactive ketones (excluding diaryl/α,β-unsaturated/α-hetero) is 2. The van der Waals surface area contributed by atoms with E-state index in [9.17, 15) is 14.0 Å². The zero-order valence-electron chi connectivity index (χ0n) is 23.2. The number of benzene rings is 3. The second kappa shape index (κ2) is 10.4. The van der Waals surface area contributed by atoms with E-state index in [1.54, 1.807) is 44.6 Å². The van der Waals surface area contributed by atoms with Crippen molar-refractivity contribution in [3.63, 3.8) is 0 Å². The molecule has 1 aliphatic carbocycles. The molecule has 0 bridgehead atoms. The molecule has 6 rings (SSSR count). The van der Waals surface area contributed by atoms with Gasteiger partial charge in [-0.1, -0.05) is 13.0 Å². The molecule has 1 saturated carbocycles. The van der Waals surface area contributed by atoms with Gasteiger partial charge in [0.25, 0.3) is 0 Å². The van der Waals surface area contributed by atoms with Crippen molar-refractivity contribution in [1.29, 1.82) is 0 Å². The fourth-order valence-electron chi connectivity index (χ4n) is 5.51. The van der Waals surface area contributed by atoms with E-state index in [1.165, 1.54) is 12.1 Å². The van der Waals surface area contributed by atoms with Crippen LogP contribution in [-0.4, -0.2) is 28.6 Å². The molecule has 2 aromatic heterocycles. The second-order valence-corrected chi connectivity index (χ2v) is 10.6. The standard InChI is InChI=1S/C34H29FN2O4/c1-4-27(38)31-26-17-22(8-11-29(26)41-32(31)21-6-9-23(35)10-7-21)24-18-25(30(40-3)16-20(24)2)28(39)19-34(12-13-34)33-36-14-5-15-37-33/h5-11,14-18H,4,12-13,19H2,1-3H3. The summed E-state index contributed by atoms with van der Waals surface area (Å²) in [6, 6.07) is 17.1. The number of carbonyl (C=O) groups excluding carboxylic acids is 2. The third-order valence-corrected chi connectivity index (χ3v) is 7.94. The van der Waals surface area contributed by atoms with Gasteiger partial charge < -0.3 is 9.15 Å². The number of ketones is 2. The lowest BCUT2D eigenvalue weighted by Crippen LogP contribution is -2.17. The highest BCUT2D eigenvalue weighted by atomic mass is 19.1. The molecule has 0 amide bonds. The number of aryl methyl sites for hydroxylation is 1. The van der Waals surface area contributed by atoms with Crippen molar-refractivity contribution in [2.45, 2.75) is 44.9 Å². The van der Waals surface area contributed by atoms with E-state index in [0.29, 0.717) is 57.8 Å². The highest BCUT2D eigenvalue weighted by molar-refractivity contribution is 6.13. The molecule has 1 aliphatic rings. The molecule has 0 spiro atoms. The minimum atomic E-state index is -0.361. The summed E-state index contributed by atoms with van der Waals surface area (Å²) in [6.45, 7) is 3.77. The number of fused-ring (bicyclic) bond motifs is 1. The van der Waals surface area contributed by atoms with E-state index in [1.807, 2.05) is 37.3 Å². The Labute approximate surface area is 237 Å². The first kappa shape index (κ1) is 26.6. The van der Waals surface area contributed by atoms with E-state index >= 15 is 0 Å². The van der Waals surface area contributed by atoms with Crippen LogP contribution in [0.2, 0.25) is 0 Å². The molecule has 5 aromatic rings. The van der Waals surface area contributed by atoms with Crippen LogP contribution in [0.3, 0.4) is 0 Å². The number of aromatic nitrogens is 2. The lowest BCUT2D eigenvalue weighted by Gasteiger charge is -2.16. The Morgan fingerprint density at radius 2 is 1.68 bits per heavy atom. The maximum Gasteiger partial charge on any atom is 0.167 e. The summed E-state index contributed by atoms with van der Waals surface area (Å²) in [5.74, 6) is 1.18. The Morgan fingerprint density at radius 3 is 2.34 bits per heavy atom. The molecule has 7 heteroatoms. The smallest absolute Gasteiger partial charge is 0.167 e. The van der Waals surface area contributed by atoms with E-state index in [4.69, 9.17) is 9.15 Å². The summed E-state index contributed by atoms with van der Waals surface area (Å²) >= 11 is 0. The molecule has 0 unspecified atom stereocenters. The van der Waals surface area contributed by atoms with Gasteiger partial charge in [0.15, 0.2) is 11.6 Å². The topological polar surface area (TPSA) is 82.3 Å². The molecule has 0 aliphatic heterocycles. The molecule has 6 nitrogen and oxygen atoms in total. The molecule has 3 aromatic carbocycles. The van der Waals surface area contributed by atoms with Crippen LogP contribution < -0.4 is 4.74 Å². The first-order valence-electron chi connectivity index (χ1n) is 13.7. The van der Waals surface area contributed by atoms with Gasteiger partial charge in [-0.2, -0.15) is 0 Å². The quantitative estimate of drug-likeness (QED) is 0.174. The first-order chi connectivity index (χ1) is 19.8. The number of ether oxygens (including phenoxy) is 1. The van der Waals surface area contributed by atoms with Crippen LogP contribution in [0.4, 0.5) is 4.39 Å². The van der Waals surface area contributed by atoms with Crippen molar-refractivity contribution >= 4 is 22.5 Å². The molecular weight excluding hydrogens is 519 g/mol. The maximum atomic E-state index is 13.7. The van der Waals surface area contributed by atoms with Gasteiger partial charge in [-0.3, -0.25) is 9.59 Å². The van der Waals surface area contributed by atoms with Gasteiger partial charge in [-0.05, 0) is 91.1 Å². The average molecular weight is 549 g/mol. The fourth-order valence-corrected chi connectivity index (χ4v) is 5.51. The van der Waals surface area contributed by atoms with Gasteiger partial charge in [-0.25, -0.2) is 14.4 Å². The van der Waals surface area contributed by atoms with Crippen molar-refractivity contribution in [2.24, 2.45) is 0 Å². The molecule has 41 heavy (non-hydrogen) atoms. The molecule has 0 radical (unpaired) electrons. The molecule has 0 atom stereocenters. The first-order valence-corrected chi connectivity index (χ1v) is 13.7. The van der Waals surface area contributed by atoms with Gasteiger partial charge in [-0.15, -0.1) is 0 Å². The Hall–Kier alpha value is -4.65. The van der Waals surface area contributed by atoms with Crippen molar-refractivity contribution in [3.8, 4) is 28.2 Å². The lowest BCUT2D eigenvalue weighted by atomic mass is 9.90. The van der Waals surface area contributed by atoms with Gasteiger partial charge >= 0.3 is 0 Å². The van der Waals surface area contributed by atoms with E-state index < -0.39 is 0 Å². The third kappa shape index (κ3) is 4.82. The molecule has 2 heterocycles. The number of methoxy groups -OCH3 is 1. The molecule has 0 N–H and O–H groups in total. The van der Waals surface area contributed by atoms with Crippen LogP contribution in [0.5, 0.6) is 5.75 Å².